The summed E-state index contributed by atoms with van der Waals surface area (Å²) in [5.74, 6) is 0.0811. The van der Waals surface area contributed by atoms with E-state index in [0.29, 0.717) is 16.5 Å². The van der Waals surface area contributed by atoms with Crippen LogP contribution >= 0.6 is 23.2 Å². The first-order chi connectivity index (χ1) is 8.63. The van der Waals surface area contributed by atoms with Crippen LogP contribution in [-0.2, 0) is 11.2 Å². The summed E-state index contributed by atoms with van der Waals surface area (Å²) in [5.41, 5.74) is 1.08. The minimum absolute atomic E-state index is 0.0811. The molecule has 0 bridgehead atoms. The average Bonchev–Trinajstić information content (AvgIpc) is 2.35. The topological polar surface area (TPSA) is 41.1 Å². The van der Waals surface area contributed by atoms with Crippen LogP contribution in [0.3, 0.4) is 0 Å². The van der Waals surface area contributed by atoms with Crippen molar-refractivity contribution in [3.8, 4) is 0 Å². The van der Waals surface area contributed by atoms with Crippen molar-refractivity contribution >= 4 is 29.1 Å². The number of rotatable bonds is 7. The van der Waals surface area contributed by atoms with Gasteiger partial charge in [-0.25, -0.2) is 0 Å². The molecule has 0 aliphatic rings. The summed E-state index contributed by atoms with van der Waals surface area (Å²) in [6.45, 7) is 1.67. The molecule has 0 spiro atoms. The van der Waals surface area contributed by atoms with E-state index in [-0.39, 0.29) is 5.91 Å². The van der Waals surface area contributed by atoms with Crippen molar-refractivity contribution in [2.24, 2.45) is 0 Å². The zero-order chi connectivity index (χ0) is 13.4. The maximum atomic E-state index is 11.0. The molecule has 1 rings (SSSR count). The molecule has 3 nitrogen and oxygen atoms in total. The molecule has 0 unspecified atom stereocenters. The van der Waals surface area contributed by atoms with E-state index in [1.165, 1.54) is 0 Å². The Morgan fingerprint density at radius 1 is 1.28 bits per heavy atom. The van der Waals surface area contributed by atoms with Crippen molar-refractivity contribution in [1.29, 1.82) is 0 Å². The van der Waals surface area contributed by atoms with Crippen LogP contribution in [0.2, 0.25) is 10.0 Å². The maximum Gasteiger partial charge on any atom is 0.219 e. The lowest BCUT2D eigenvalue weighted by atomic mass is 10.1. The minimum Gasteiger partial charge on any atom is -0.359 e. The summed E-state index contributed by atoms with van der Waals surface area (Å²) in [5, 5.41) is 7.24. The molecule has 5 heteroatoms. The van der Waals surface area contributed by atoms with Gasteiger partial charge in [0.05, 0.1) is 0 Å². The molecule has 0 saturated carbocycles. The van der Waals surface area contributed by atoms with Gasteiger partial charge in [-0.05, 0) is 43.6 Å². The lowest BCUT2D eigenvalue weighted by Gasteiger charge is -2.06. The molecule has 100 valence electrons. The molecular weight excluding hydrogens is 271 g/mol. The maximum absolute atomic E-state index is 11.0. The number of benzene rings is 1. The second kappa shape index (κ2) is 8.35. The van der Waals surface area contributed by atoms with Crippen molar-refractivity contribution in [2.45, 2.75) is 19.3 Å². The van der Waals surface area contributed by atoms with Gasteiger partial charge < -0.3 is 10.6 Å². The second-order valence-electron chi connectivity index (χ2n) is 4.01. The van der Waals surface area contributed by atoms with E-state index in [9.17, 15) is 4.79 Å². The minimum atomic E-state index is 0.0811. The Hall–Kier alpha value is -0.770. The van der Waals surface area contributed by atoms with Crippen molar-refractivity contribution in [3.05, 3.63) is 33.8 Å². The van der Waals surface area contributed by atoms with Crippen LogP contribution in [0.5, 0.6) is 0 Å². The third kappa shape index (κ3) is 5.71. The number of carbonyl (C=O) groups is 1. The number of nitrogens with one attached hydrogen (secondary N) is 2. The number of amides is 1. The van der Waals surface area contributed by atoms with Crippen LogP contribution in [0, 0.1) is 0 Å². The molecule has 0 radical (unpaired) electrons. The Morgan fingerprint density at radius 3 is 2.72 bits per heavy atom. The fraction of sp³-hybridized carbons (Fsp3) is 0.462. The molecule has 0 aliphatic heterocycles. The predicted octanol–water partition coefficient (Wildman–Crippen LogP) is 2.65. The van der Waals surface area contributed by atoms with Crippen molar-refractivity contribution in [1.82, 2.24) is 10.6 Å². The summed E-state index contributed by atoms with van der Waals surface area (Å²) in [7, 11) is 1.65. The smallest absolute Gasteiger partial charge is 0.219 e. The summed E-state index contributed by atoms with van der Waals surface area (Å²) in [6, 6.07) is 5.54. The lowest BCUT2D eigenvalue weighted by Crippen LogP contribution is -2.22. The second-order valence-corrected chi connectivity index (χ2v) is 4.86. The van der Waals surface area contributed by atoms with Crippen molar-refractivity contribution in [3.63, 3.8) is 0 Å². The van der Waals surface area contributed by atoms with E-state index >= 15 is 0 Å². The molecule has 1 amide bonds. The third-order valence-electron chi connectivity index (χ3n) is 2.62. The number of carbonyl (C=O) groups excluding carboxylic acids is 1. The molecule has 0 aliphatic carbocycles. The van der Waals surface area contributed by atoms with Crippen LogP contribution in [0.1, 0.15) is 18.4 Å². The largest absolute Gasteiger partial charge is 0.359 e. The van der Waals surface area contributed by atoms with Gasteiger partial charge in [0.25, 0.3) is 0 Å². The average molecular weight is 289 g/mol. The molecular formula is C13H18Cl2N2O. The molecule has 0 saturated heterocycles. The summed E-state index contributed by atoms with van der Waals surface area (Å²) < 4.78 is 0. The van der Waals surface area contributed by atoms with E-state index in [1.54, 1.807) is 13.1 Å². The van der Waals surface area contributed by atoms with Crippen molar-refractivity contribution < 1.29 is 4.79 Å². The first-order valence-electron chi connectivity index (χ1n) is 5.98. The Labute approximate surface area is 118 Å². The Kier molecular flexibility index (Phi) is 7.09. The normalized spacial score (nSPS) is 10.4. The van der Waals surface area contributed by atoms with E-state index < -0.39 is 0 Å². The number of halogens is 2. The van der Waals surface area contributed by atoms with Crippen LogP contribution in [-0.4, -0.2) is 26.0 Å². The van der Waals surface area contributed by atoms with Crippen LogP contribution in [0.25, 0.3) is 0 Å². The fourth-order valence-corrected chi connectivity index (χ4v) is 2.07. The zero-order valence-corrected chi connectivity index (χ0v) is 11.9. The van der Waals surface area contributed by atoms with E-state index in [0.717, 1.165) is 31.5 Å². The van der Waals surface area contributed by atoms with E-state index in [4.69, 9.17) is 23.2 Å². The fourth-order valence-electron chi connectivity index (χ4n) is 1.57. The lowest BCUT2D eigenvalue weighted by molar-refractivity contribution is -0.120. The highest BCUT2D eigenvalue weighted by Crippen LogP contribution is 2.20. The van der Waals surface area contributed by atoms with E-state index in [2.05, 4.69) is 10.6 Å². The van der Waals surface area contributed by atoms with Crippen LogP contribution in [0.4, 0.5) is 0 Å². The molecule has 0 heterocycles. The zero-order valence-electron chi connectivity index (χ0n) is 10.4. The van der Waals surface area contributed by atoms with Gasteiger partial charge in [0.15, 0.2) is 0 Å². The van der Waals surface area contributed by atoms with Gasteiger partial charge in [0.2, 0.25) is 5.91 Å². The summed E-state index contributed by atoms with van der Waals surface area (Å²) >= 11 is 11.9. The summed E-state index contributed by atoms with van der Waals surface area (Å²) in [4.78, 5) is 11.0. The van der Waals surface area contributed by atoms with Gasteiger partial charge >= 0.3 is 0 Å². The van der Waals surface area contributed by atoms with Gasteiger partial charge in [-0.1, -0.05) is 29.3 Å². The number of hydrogen-bond acceptors (Lipinski definition) is 2. The van der Waals surface area contributed by atoms with Gasteiger partial charge in [-0.3, -0.25) is 4.79 Å². The molecule has 0 fully saturated rings. The van der Waals surface area contributed by atoms with Gasteiger partial charge in [0.1, 0.15) is 0 Å². The Bertz CT molecular complexity index is 397. The molecule has 0 atom stereocenters. The number of hydrogen-bond donors (Lipinski definition) is 2. The molecule has 1 aromatic rings. The standard InChI is InChI=1S/C13H18Cl2N2O/c1-16-13(18)3-2-7-17-8-6-10-4-5-11(14)9-12(10)15/h4-5,9,17H,2-3,6-8H2,1H3,(H,16,18). The predicted molar refractivity (Wildman–Crippen MR) is 76.3 cm³/mol. The van der Waals surface area contributed by atoms with Gasteiger partial charge in [-0.2, -0.15) is 0 Å². The van der Waals surface area contributed by atoms with Gasteiger partial charge in [0, 0.05) is 23.5 Å². The summed E-state index contributed by atoms with van der Waals surface area (Å²) in [6.07, 6.45) is 2.26. The van der Waals surface area contributed by atoms with Crippen LogP contribution in [0.15, 0.2) is 18.2 Å². The van der Waals surface area contributed by atoms with Crippen molar-refractivity contribution in [2.75, 3.05) is 20.1 Å². The first kappa shape index (κ1) is 15.3. The molecule has 1 aromatic carbocycles. The van der Waals surface area contributed by atoms with E-state index in [1.807, 2.05) is 12.1 Å². The first-order valence-corrected chi connectivity index (χ1v) is 6.74. The highest BCUT2D eigenvalue weighted by atomic mass is 35.5. The molecule has 2 N–H and O–H groups in total. The molecule has 18 heavy (non-hydrogen) atoms. The monoisotopic (exact) mass is 288 g/mol. The quantitative estimate of drug-likeness (QED) is 0.758. The van der Waals surface area contributed by atoms with Crippen LogP contribution < -0.4 is 10.6 Å². The highest BCUT2D eigenvalue weighted by Gasteiger charge is 2.01. The molecule has 0 aromatic heterocycles. The third-order valence-corrected chi connectivity index (χ3v) is 3.21. The van der Waals surface area contributed by atoms with Gasteiger partial charge in [-0.15, -0.1) is 0 Å². The Morgan fingerprint density at radius 2 is 2.06 bits per heavy atom. The SMILES string of the molecule is CNC(=O)CCCNCCc1ccc(Cl)cc1Cl. The Balaban J connectivity index is 2.16. The highest BCUT2D eigenvalue weighted by molar-refractivity contribution is 6.35.